The molecule has 0 spiro atoms. The highest BCUT2D eigenvalue weighted by Gasteiger charge is 2.34. The molecule has 0 amide bonds. The van der Waals surface area contributed by atoms with Gasteiger partial charge in [-0.2, -0.15) is 13.2 Å². The van der Waals surface area contributed by atoms with Crippen LogP contribution < -0.4 is 5.32 Å². The topological polar surface area (TPSA) is 12.0 Å². The number of halogens is 4. The Labute approximate surface area is 110 Å². The molecule has 19 heavy (non-hydrogen) atoms. The Morgan fingerprint density at radius 1 is 1.26 bits per heavy atom. The van der Waals surface area contributed by atoms with E-state index in [-0.39, 0.29) is 5.92 Å². The summed E-state index contributed by atoms with van der Waals surface area (Å²) in [6, 6.07) is 3.69. The van der Waals surface area contributed by atoms with Crippen LogP contribution in [0.3, 0.4) is 0 Å². The fraction of sp³-hybridized carbons (Fsp3) is 0.571. The summed E-state index contributed by atoms with van der Waals surface area (Å²) in [5.41, 5.74) is -0.511. The summed E-state index contributed by atoms with van der Waals surface area (Å²) < 4.78 is 50.9. The van der Waals surface area contributed by atoms with Gasteiger partial charge in [0.15, 0.2) is 0 Å². The lowest BCUT2D eigenvalue weighted by molar-refractivity contribution is -0.140. The van der Waals surface area contributed by atoms with Crippen LogP contribution in [0.2, 0.25) is 0 Å². The molecule has 1 aromatic carbocycles. The molecule has 0 heterocycles. The van der Waals surface area contributed by atoms with Crippen LogP contribution in [0, 0.1) is 5.82 Å². The molecular formula is C14H17F4N. The van der Waals surface area contributed by atoms with Gasteiger partial charge < -0.3 is 5.32 Å². The lowest BCUT2D eigenvalue weighted by Crippen LogP contribution is -2.25. The van der Waals surface area contributed by atoms with Crippen molar-refractivity contribution in [3.63, 3.8) is 0 Å². The predicted octanol–water partition coefficient (Wildman–Crippen LogP) is 4.09. The van der Waals surface area contributed by atoms with Crippen LogP contribution in [0.15, 0.2) is 18.2 Å². The first-order chi connectivity index (χ1) is 8.91. The first-order valence-electron chi connectivity index (χ1n) is 6.51. The van der Waals surface area contributed by atoms with Gasteiger partial charge in [-0.05, 0) is 49.4 Å². The number of hydrogen-bond donors (Lipinski definition) is 1. The highest BCUT2D eigenvalue weighted by Crippen LogP contribution is 2.37. The van der Waals surface area contributed by atoms with Crippen LogP contribution in [0.4, 0.5) is 17.6 Å². The largest absolute Gasteiger partial charge is 0.419 e. The van der Waals surface area contributed by atoms with Gasteiger partial charge in [0.05, 0.1) is 5.56 Å². The van der Waals surface area contributed by atoms with Crippen LogP contribution in [0.1, 0.15) is 43.2 Å². The van der Waals surface area contributed by atoms with Gasteiger partial charge >= 0.3 is 6.18 Å². The normalized spacial score (nSPS) is 23.8. The van der Waals surface area contributed by atoms with E-state index in [1.807, 2.05) is 6.92 Å². The second kappa shape index (κ2) is 5.49. The molecule has 0 radical (unpaired) electrons. The van der Waals surface area contributed by atoms with Crippen molar-refractivity contribution in [2.75, 3.05) is 6.54 Å². The van der Waals surface area contributed by atoms with Crippen molar-refractivity contribution >= 4 is 0 Å². The molecule has 106 valence electrons. The summed E-state index contributed by atoms with van der Waals surface area (Å²) in [5, 5.41) is 3.32. The van der Waals surface area contributed by atoms with E-state index in [9.17, 15) is 17.6 Å². The molecule has 0 aliphatic heterocycles. The number of hydrogen-bond acceptors (Lipinski definition) is 1. The van der Waals surface area contributed by atoms with E-state index in [0.717, 1.165) is 37.9 Å². The van der Waals surface area contributed by atoms with Gasteiger partial charge in [0.2, 0.25) is 0 Å². The molecular weight excluding hydrogens is 258 g/mol. The zero-order valence-electron chi connectivity index (χ0n) is 10.7. The molecule has 0 aromatic heterocycles. The smallest absolute Gasteiger partial charge is 0.314 e. The fourth-order valence-electron chi connectivity index (χ4n) is 2.77. The van der Waals surface area contributed by atoms with Gasteiger partial charge in [0.25, 0.3) is 0 Å². The molecule has 0 saturated heterocycles. The quantitative estimate of drug-likeness (QED) is 0.819. The Morgan fingerprint density at radius 2 is 2.00 bits per heavy atom. The molecule has 2 atom stereocenters. The first-order valence-corrected chi connectivity index (χ1v) is 6.51. The molecule has 2 unspecified atom stereocenters. The third kappa shape index (κ3) is 3.26. The first kappa shape index (κ1) is 14.3. The molecule has 2 rings (SSSR count). The summed E-state index contributed by atoms with van der Waals surface area (Å²) in [6.45, 7) is 2.89. The van der Waals surface area contributed by atoms with E-state index in [2.05, 4.69) is 5.32 Å². The SMILES string of the molecule is CCNC1CCC(c2ccc(C(F)(F)F)c(F)c2)C1. The van der Waals surface area contributed by atoms with Crippen molar-refractivity contribution in [1.82, 2.24) is 5.32 Å². The van der Waals surface area contributed by atoms with Crippen LogP contribution in [0.25, 0.3) is 0 Å². The maximum Gasteiger partial charge on any atom is 0.419 e. The monoisotopic (exact) mass is 275 g/mol. The lowest BCUT2D eigenvalue weighted by atomic mass is 9.96. The molecule has 5 heteroatoms. The molecule has 1 saturated carbocycles. The average Bonchev–Trinajstić information content (AvgIpc) is 2.76. The molecule has 1 N–H and O–H groups in total. The maximum absolute atomic E-state index is 13.5. The number of nitrogens with one attached hydrogen (secondary N) is 1. The van der Waals surface area contributed by atoms with E-state index in [4.69, 9.17) is 0 Å². The van der Waals surface area contributed by atoms with E-state index in [0.29, 0.717) is 11.6 Å². The summed E-state index contributed by atoms with van der Waals surface area (Å²) in [7, 11) is 0. The molecule has 1 aliphatic rings. The number of rotatable bonds is 3. The van der Waals surface area contributed by atoms with Crippen molar-refractivity contribution in [3.8, 4) is 0 Å². The lowest BCUT2D eigenvalue weighted by Gasteiger charge is -2.14. The van der Waals surface area contributed by atoms with E-state index < -0.39 is 17.6 Å². The Balaban J connectivity index is 2.13. The van der Waals surface area contributed by atoms with E-state index in [1.54, 1.807) is 0 Å². The highest BCUT2D eigenvalue weighted by molar-refractivity contribution is 5.29. The van der Waals surface area contributed by atoms with Gasteiger partial charge in [-0.25, -0.2) is 4.39 Å². The van der Waals surface area contributed by atoms with Crippen molar-refractivity contribution in [2.24, 2.45) is 0 Å². The van der Waals surface area contributed by atoms with Crippen molar-refractivity contribution in [3.05, 3.63) is 35.1 Å². The molecule has 0 bridgehead atoms. The van der Waals surface area contributed by atoms with Crippen molar-refractivity contribution < 1.29 is 17.6 Å². The summed E-state index contributed by atoms with van der Waals surface area (Å²) >= 11 is 0. The van der Waals surface area contributed by atoms with E-state index in [1.165, 1.54) is 6.07 Å². The minimum absolute atomic E-state index is 0.154. The van der Waals surface area contributed by atoms with Crippen molar-refractivity contribution in [1.29, 1.82) is 0 Å². The predicted molar refractivity (Wildman–Crippen MR) is 65.5 cm³/mol. The summed E-state index contributed by atoms with van der Waals surface area (Å²) in [5.74, 6) is -1.02. The van der Waals surface area contributed by atoms with E-state index >= 15 is 0 Å². The highest BCUT2D eigenvalue weighted by atomic mass is 19.4. The second-order valence-corrected chi connectivity index (χ2v) is 5.00. The summed E-state index contributed by atoms with van der Waals surface area (Å²) in [6.07, 6.45) is -1.88. The number of alkyl halides is 3. The Morgan fingerprint density at radius 3 is 2.58 bits per heavy atom. The standard InChI is InChI=1S/C14H17F4N/c1-2-19-11-5-3-9(7-11)10-4-6-12(13(15)8-10)14(16,17)18/h4,6,8-9,11,19H,2-3,5,7H2,1H3. The van der Waals surface area contributed by atoms with Crippen molar-refractivity contribution in [2.45, 2.75) is 44.3 Å². The molecule has 1 aliphatic carbocycles. The Hall–Kier alpha value is -1.10. The van der Waals surface area contributed by atoms with Gasteiger partial charge in [-0.3, -0.25) is 0 Å². The van der Waals surface area contributed by atoms with Crippen LogP contribution >= 0.6 is 0 Å². The zero-order chi connectivity index (χ0) is 14.0. The number of benzene rings is 1. The third-order valence-corrected chi connectivity index (χ3v) is 3.70. The van der Waals surface area contributed by atoms with Gasteiger partial charge in [0, 0.05) is 6.04 Å². The minimum atomic E-state index is -4.62. The Kier molecular flexibility index (Phi) is 4.13. The minimum Gasteiger partial charge on any atom is -0.314 e. The van der Waals surface area contributed by atoms with Crippen LogP contribution in [-0.2, 0) is 6.18 Å². The van der Waals surface area contributed by atoms with Gasteiger partial charge in [-0.1, -0.05) is 13.0 Å². The zero-order valence-corrected chi connectivity index (χ0v) is 10.7. The third-order valence-electron chi connectivity index (χ3n) is 3.70. The molecule has 1 fully saturated rings. The molecule has 1 nitrogen and oxygen atoms in total. The summed E-state index contributed by atoms with van der Waals surface area (Å²) in [4.78, 5) is 0. The fourth-order valence-corrected chi connectivity index (χ4v) is 2.77. The maximum atomic E-state index is 13.5. The van der Waals surface area contributed by atoms with Gasteiger partial charge in [-0.15, -0.1) is 0 Å². The van der Waals surface area contributed by atoms with Gasteiger partial charge in [0.1, 0.15) is 5.82 Å². The second-order valence-electron chi connectivity index (χ2n) is 5.00. The Bertz CT molecular complexity index is 442. The average molecular weight is 275 g/mol. The molecule has 1 aromatic rings. The van der Waals surface area contributed by atoms with Crippen LogP contribution in [-0.4, -0.2) is 12.6 Å². The van der Waals surface area contributed by atoms with Crippen LogP contribution in [0.5, 0.6) is 0 Å².